The van der Waals surface area contributed by atoms with Crippen LogP contribution in [0.3, 0.4) is 0 Å². The van der Waals surface area contributed by atoms with Crippen LogP contribution in [0, 0.1) is 5.82 Å². The Hall–Kier alpha value is -3.74. The monoisotopic (exact) mass is 452 g/mol. The van der Waals surface area contributed by atoms with E-state index in [1.807, 2.05) is 60.4 Å². The van der Waals surface area contributed by atoms with Gasteiger partial charge in [-0.3, -0.25) is 0 Å². The highest BCUT2D eigenvalue weighted by molar-refractivity contribution is 5.58. The number of nitrogens with zero attached hydrogens (tertiary/aromatic N) is 2. The van der Waals surface area contributed by atoms with E-state index in [0.29, 0.717) is 31.1 Å². The molecule has 7 heteroatoms. The van der Waals surface area contributed by atoms with E-state index in [1.165, 1.54) is 19.4 Å². The van der Waals surface area contributed by atoms with Gasteiger partial charge < -0.3 is 23.8 Å². The first-order valence-electron chi connectivity index (χ1n) is 10.6. The number of hydrogen-bond acceptors (Lipinski definition) is 6. The fourth-order valence-corrected chi connectivity index (χ4v) is 3.31. The fraction of sp³-hybridized carbons (Fsp3) is 0.269. The van der Waals surface area contributed by atoms with Crippen LogP contribution in [0.15, 0.2) is 60.9 Å². The molecule has 0 N–H and O–H groups in total. The van der Waals surface area contributed by atoms with Crippen LogP contribution in [-0.4, -0.2) is 32.9 Å². The maximum absolute atomic E-state index is 15.3. The molecule has 0 bridgehead atoms. The van der Waals surface area contributed by atoms with Crippen LogP contribution in [0.2, 0.25) is 0 Å². The van der Waals surface area contributed by atoms with Crippen molar-refractivity contribution >= 4 is 11.9 Å². The number of pyridine rings is 1. The van der Waals surface area contributed by atoms with E-state index >= 15 is 4.39 Å². The quantitative estimate of drug-likeness (QED) is 0.360. The third-order valence-electron chi connectivity index (χ3n) is 5.02. The zero-order valence-corrected chi connectivity index (χ0v) is 19.4. The Morgan fingerprint density at radius 1 is 0.848 bits per heavy atom. The molecule has 0 aliphatic carbocycles. The number of aromatic nitrogens is 1. The number of benzene rings is 2. The summed E-state index contributed by atoms with van der Waals surface area (Å²) in [6.07, 6.45) is 3.14. The van der Waals surface area contributed by atoms with Gasteiger partial charge in [0.15, 0.2) is 11.6 Å². The van der Waals surface area contributed by atoms with Crippen LogP contribution in [-0.2, 0) is 17.8 Å². The van der Waals surface area contributed by atoms with Gasteiger partial charge in [0.05, 0.1) is 34.2 Å². The molecule has 3 aromatic rings. The van der Waals surface area contributed by atoms with Gasteiger partial charge >= 0.3 is 0 Å². The summed E-state index contributed by atoms with van der Waals surface area (Å²) in [5.41, 5.74) is 2.48. The summed E-state index contributed by atoms with van der Waals surface area (Å²) in [4.78, 5) is 6.37. The average Bonchev–Trinajstić information content (AvgIpc) is 2.85. The predicted octanol–water partition coefficient (Wildman–Crippen LogP) is 5.46. The second-order valence-corrected chi connectivity index (χ2v) is 7.20. The van der Waals surface area contributed by atoms with E-state index in [2.05, 4.69) is 4.98 Å². The summed E-state index contributed by atoms with van der Waals surface area (Å²) in [7, 11) is 4.76. The molecular formula is C26H29FN2O4. The molecular weight excluding hydrogens is 423 g/mol. The molecule has 0 fully saturated rings. The molecule has 1 heterocycles. The fourth-order valence-electron chi connectivity index (χ4n) is 3.31. The molecule has 33 heavy (non-hydrogen) atoms. The van der Waals surface area contributed by atoms with Gasteiger partial charge in [0, 0.05) is 18.7 Å². The van der Waals surface area contributed by atoms with Crippen LogP contribution in [0.4, 0.5) is 10.2 Å². The molecule has 2 aromatic carbocycles. The van der Waals surface area contributed by atoms with Gasteiger partial charge in [-0.2, -0.15) is 4.98 Å². The van der Waals surface area contributed by atoms with Crippen LogP contribution >= 0.6 is 0 Å². The number of ether oxygens (including phenoxy) is 4. The third kappa shape index (κ3) is 6.38. The summed E-state index contributed by atoms with van der Waals surface area (Å²) in [5.74, 6) is 1.59. The van der Waals surface area contributed by atoms with Gasteiger partial charge in [0.25, 0.3) is 0 Å². The molecule has 6 nitrogen and oxygen atoms in total. The van der Waals surface area contributed by atoms with E-state index in [0.717, 1.165) is 22.6 Å². The van der Waals surface area contributed by atoms with E-state index in [-0.39, 0.29) is 5.82 Å². The van der Waals surface area contributed by atoms with Crippen molar-refractivity contribution in [3.8, 4) is 17.4 Å². The zero-order valence-electron chi connectivity index (χ0n) is 19.4. The average molecular weight is 453 g/mol. The molecule has 0 spiro atoms. The van der Waals surface area contributed by atoms with Crippen molar-refractivity contribution in [3.63, 3.8) is 0 Å². The molecule has 3 rings (SSSR count). The summed E-state index contributed by atoms with van der Waals surface area (Å²) >= 11 is 0. The highest BCUT2D eigenvalue weighted by atomic mass is 19.1. The lowest BCUT2D eigenvalue weighted by molar-refractivity contribution is 0.272. The largest absolute Gasteiger partial charge is 0.501 e. The Kier molecular flexibility index (Phi) is 8.52. The Labute approximate surface area is 194 Å². The van der Waals surface area contributed by atoms with E-state index in [9.17, 15) is 0 Å². The van der Waals surface area contributed by atoms with Crippen molar-refractivity contribution in [3.05, 3.63) is 83.4 Å². The number of methoxy groups -OCH3 is 3. The first kappa shape index (κ1) is 23.9. The Morgan fingerprint density at radius 2 is 1.39 bits per heavy atom. The molecule has 0 atom stereocenters. The van der Waals surface area contributed by atoms with Gasteiger partial charge in [0.2, 0.25) is 5.88 Å². The molecule has 0 aliphatic rings. The zero-order chi connectivity index (χ0) is 23.6. The summed E-state index contributed by atoms with van der Waals surface area (Å²) in [6, 6.07) is 16.7. The second kappa shape index (κ2) is 11.8. The molecule has 1 aromatic heterocycles. The minimum absolute atomic E-state index is 0.201. The van der Waals surface area contributed by atoms with Crippen molar-refractivity contribution in [2.24, 2.45) is 0 Å². The van der Waals surface area contributed by atoms with Crippen molar-refractivity contribution in [2.75, 3.05) is 32.8 Å². The van der Waals surface area contributed by atoms with Crippen LogP contribution in [0.5, 0.6) is 17.4 Å². The van der Waals surface area contributed by atoms with Gasteiger partial charge in [-0.25, -0.2) is 4.39 Å². The summed E-state index contributed by atoms with van der Waals surface area (Å²) in [6.45, 7) is 3.28. The van der Waals surface area contributed by atoms with Crippen LogP contribution in [0.1, 0.15) is 23.6 Å². The standard InChI is InChI=1S/C26H29FN2O4/c1-5-33-15-14-21-16-24(27)25(28-26(21)32-4)29(17-19-6-10-22(30-2)11-7-19)18-20-8-12-23(31-3)13-9-20/h6-16H,5,17-18H2,1-4H3/b15-14+. The molecule has 0 aliphatic heterocycles. The minimum Gasteiger partial charge on any atom is -0.501 e. The van der Waals surface area contributed by atoms with Crippen molar-refractivity contribution in [1.82, 2.24) is 4.98 Å². The molecule has 0 unspecified atom stereocenters. The normalized spacial score (nSPS) is 10.8. The van der Waals surface area contributed by atoms with Crippen molar-refractivity contribution < 1.29 is 23.3 Å². The summed E-state index contributed by atoms with van der Waals surface area (Å²) < 4.78 is 36.5. The predicted molar refractivity (Wildman–Crippen MR) is 127 cm³/mol. The molecule has 174 valence electrons. The lowest BCUT2D eigenvalue weighted by atomic mass is 10.1. The topological polar surface area (TPSA) is 53.1 Å². The maximum atomic E-state index is 15.3. The Balaban J connectivity index is 1.97. The number of anilines is 1. The van der Waals surface area contributed by atoms with Gasteiger partial charge in [-0.05, 0) is 54.5 Å². The molecule has 0 saturated carbocycles. The molecule has 0 radical (unpaired) electrons. The SMILES string of the molecule is CCO/C=C/c1cc(F)c(N(Cc2ccc(OC)cc2)Cc2ccc(OC)cc2)nc1OC. The van der Waals surface area contributed by atoms with E-state index in [1.54, 1.807) is 20.3 Å². The van der Waals surface area contributed by atoms with Gasteiger partial charge in [-0.1, -0.05) is 24.3 Å². The molecule has 0 saturated heterocycles. The smallest absolute Gasteiger partial charge is 0.222 e. The Morgan fingerprint density at radius 3 is 1.85 bits per heavy atom. The van der Waals surface area contributed by atoms with Crippen molar-refractivity contribution in [1.29, 1.82) is 0 Å². The minimum atomic E-state index is -0.450. The number of rotatable bonds is 11. The maximum Gasteiger partial charge on any atom is 0.222 e. The first-order chi connectivity index (χ1) is 16.1. The Bertz CT molecular complexity index is 1000. The number of halogens is 1. The molecule has 0 amide bonds. The number of hydrogen-bond donors (Lipinski definition) is 0. The summed E-state index contributed by atoms with van der Waals surface area (Å²) in [5, 5.41) is 0. The van der Waals surface area contributed by atoms with E-state index < -0.39 is 5.82 Å². The van der Waals surface area contributed by atoms with Crippen molar-refractivity contribution in [2.45, 2.75) is 20.0 Å². The van der Waals surface area contributed by atoms with E-state index in [4.69, 9.17) is 18.9 Å². The van der Waals surface area contributed by atoms with Gasteiger partial charge in [0.1, 0.15) is 11.5 Å². The van der Waals surface area contributed by atoms with Gasteiger partial charge in [-0.15, -0.1) is 0 Å². The first-order valence-corrected chi connectivity index (χ1v) is 10.6. The van der Waals surface area contributed by atoms with Crippen LogP contribution < -0.4 is 19.1 Å². The second-order valence-electron chi connectivity index (χ2n) is 7.20. The third-order valence-corrected chi connectivity index (χ3v) is 5.02. The highest BCUT2D eigenvalue weighted by Crippen LogP contribution is 2.29. The lowest BCUT2D eigenvalue weighted by Crippen LogP contribution is -2.24. The van der Waals surface area contributed by atoms with Crippen LogP contribution in [0.25, 0.3) is 6.08 Å². The lowest BCUT2D eigenvalue weighted by Gasteiger charge is -2.25. The highest BCUT2D eigenvalue weighted by Gasteiger charge is 2.19.